The molecule has 1 heterocycles. The maximum Gasteiger partial charge on any atom is 0.224 e. The number of nitrogens with one attached hydrogen (secondary N) is 2. The van der Waals surface area contributed by atoms with Gasteiger partial charge in [-0.1, -0.05) is 42.5 Å². The normalized spacial score (nSPS) is 10.7. The number of rotatable bonds is 8. The third-order valence-corrected chi connectivity index (χ3v) is 4.45. The number of benzene rings is 2. The van der Waals surface area contributed by atoms with Crippen LogP contribution in [0.4, 0.5) is 10.8 Å². The maximum atomic E-state index is 11.6. The van der Waals surface area contributed by atoms with Crippen LogP contribution < -0.4 is 15.8 Å². The molecule has 8 heteroatoms. The van der Waals surface area contributed by atoms with Crippen LogP contribution in [0, 0.1) is 0 Å². The van der Waals surface area contributed by atoms with Gasteiger partial charge in [-0.2, -0.15) is 5.10 Å². The van der Waals surface area contributed by atoms with Crippen molar-refractivity contribution >= 4 is 40.2 Å². The molecule has 142 valence electrons. The summed E-state index contributed by atoms with van der Waals surface area (Å²) in [6.45, 7) is 0. The van der Waals surface area contributed by atoms with Crippen LogP contribution in [-0.4, -0.2) is 23.1 Å². The zero-order valence-electron chi connectivity index (χ0n) is 14.8. The fourth-order valence-electron chi connectivity index (χ4n) is 2.32. The van der Waals surface area contributed by atoms with Gasteiger partial charge in [-0.25, -0.2) is 4.98 Å². The van der Waals surface area contributed by atoms with Crippen LogP contribution in [0.1, 0.15) is 18.4 Å². The standard InChI is InChI=1S/C20H18N4O3S/c25-18(10-11-19(26)27)22-16-8-6-15(7-9-16)17-13-28-20(23-17)24-21-12-14-4-2-1-3-5-14/h1-9,12-13H,10-11H2,(H,22,25)(H,23,24)(H,26,27)/p-1/b21-12-. The minimum absolute atomic E-state index is 0.116. The Morgan fingerprint density at radius 3 is 2.54 bits per heavy atom. The Morgan fingerprint density at radius 1 is 1.07 bits per heavy atom. The molecule has 28 heavy (non-hydrogen) atoms. The number of thiazole rings is 1. The quantitative estimate of drug-likeness (QED) is 0.452. The molecule has 2 N–H and O–H groups in total. The molecule has 0 aliphatic carbocycles. The second-order valence-electron chi connectivity index (χ2n) is 5.82. The molecule has 2 aromatic carbocycles. The van der Waals surface area contributed by atoms with Crippen LogP contribution in [0.15, 0.2) is 65.1 Å². The first-order valence-electron chi connectivity index (χ1n) is 8.50. The van der Waals surface area contributed by atoms with Crippen molar-refractivity contribution in [2.75, 3.05) is 10.7 Å². The molecule has 0 saturated heterocycles. The van der Waals surface area contributed by atoms with Crippen molar-refractivity contribution in [3.8, 4) is 11.3 Å². The van der Waals surface area contributed by atoms with E-state index in [2.05, 4.69) is 20.8 Å². The monoisotopic (exact) mass is 393 g/mol. The predicted molar refractivity (Wildman–Crippen MR) is 108 cm³/mol. The summed E-state index contributed by atoms with van der Waals surface area (Å²) in [5.41, 5.74) is 6.17. The van der Waals surface area contributed by atoms with E-state index in [1.165, 1.54) is 11.3 Å². The summed E-state index contributed by atoms with van der Waals surface area (Å²) in [4.78, 5) is 26.5. The van der Waals surface area contributed by atoms with Gasteiger partial charge in [0, 0.05) is 29.0 Å². The van der Waals surface area contributed by atoms with Crippen LogP contribution in [-0.2, 0) is 9.59 Å². The Labute approximate surface area is 165 Å². The average Bonchev–Trinajstić information content (AvgIpc) is 3.17. The molecule has 3 aromatic rings. The van der Waals surface area contributed by atoms with E-state index in [0.29, 0.717) is 10.8 Å². The smallest absolute Gasteiger partial charge is 0.224 e. The minimum atomic E-state index is -1.24. The molecular formula is C20H17N4O3S-. The van der Waals surface area contributed by atoms with Crippen LogP contribution in [0.25, 0.3) is 11.3 Å². The lowest BCUT2D eigenvalue weighted by molar-refractivity contribution is -0.305. The number of carboxylic acids is 1. The molecular weight excluding hydrogens is 376 g/mol. The second-order valence-corrected chi connectivity index (χ2v) is 6.67. The number of anilines is 2. The first-order chi connectivity index (χ1) is 13.6. The van der Waals surface area contributed by atoms with Crippen molar-refractivity contribution in [3.05, 3.63) is 65.5 Å². The van der Waals surface area contributed by atoms with Crippen molar-refractivity contribution in [2.45, 2.75) is 12.8 Å². The molecule has 1 amide bonds. The number of carboxylic acid groups (broad SMARTS) is 1. The highest BCUT2D eigenvalue weighted by molar-refractivity contribution is 7.14. The Kier molecular flexibility index (Phi) is 6.48. The van der Waals surface area contributed by atoms with Gasteiger partial charge in [0.1, 0.15) is 0 Å². The lowest BCUT2D eigenvalue weighted by Crippen LogP contribution is -2.24. The Bertz CT molecular complexity index is 969. The summed E-state index contributed by atoms with van der Waals surface area (Å²) in [6.07, 6.45) is 1.30. The Hall–Kier alpha value is -3.52. The summed E-state index contributed by atoms with van der Waals surface area (Å²) in [6, 6.07) is 16.9. The largest absolute Gasteiger partial charge is 0.550 e. The van der Waals surface area contributed by atoms with Gasteiger partial charge in [0.15, 0.2) is 0 Å². The number of aromatic nitrogens is 1. The van der Waals surface area contributed by atoms with E-state index in [4.69, 9.17) is 0 Å². The van der Waals surface area contributed by atoms with Crippen LogP contribution in [0.5, 0.6) is 0 Å². The molecule has 0 aliphatic heterocycles. The molecule has 0 atom stereocenters. The van der Waals surface area contributed by atoms with Crippen molar-refractivity contribution in [1.29, 1.82) is 0 Å². The highest BCUT2D eigenvalue weighted by atomic mass is 32.1. The molecule has 0 saturated carbocycles. The van der Waals surface area contributed by atoms with Crippen molar-refractivity contribution in [2.24, 2.45) is 5.10 Å². The fraction of sp³-hybridized carbons (Fsp3) is 0.100. The second kappa shape index (κ2) is 9.43. The molecule has 0 aliphatic rings. The van der Waals surface area contributed by atoms with Crippen molar-refractivity contribution in [1.82, 2.24) is 4.98 Å². The average molecular weight is 393 g/mol. The molecule has 0 bridgehead atoms. The van der Waals surface area contributed by atoms with Crippen LogP contribution >= 0.6 is 11.3 Å². The number of carbonyl (C=O) groups excluding carboxylic acids is 2. The Balaban J connectivity index is 1.56. The van der Waals surface area contributed by atoms with Gasteiger partial charge in [0.05, 0.1) is 11.9 Å². The van der Waals surface area contributed by atoms with Gasteiger partial charge in [0.2, 0.25) is 11.0 Å². The third-order valence-electron chi connectivity index (χ3n) is 3.70. The maximum absolute atomic E-state index is 11.6. The number of hydrogen-bond donors (Lipinski definition) is 2. The number of aliphatic carboxylic acids is 1. The molecule has 1 aromatic heterocycles. The van der Waals surface area contributed by atoms with E-state index in [1.54, 1.807) is 18.3 Å². The van der Waals surface area contributed by atoms with E-state index >= 15 is 0 Å². The minimum Gasteiger partial charge on any atom is -0.550 e. The third kappa shape index (κ3) is 5.75. The van der Waals surface area contributed by atoms with Crippen molar-refractivity contribution < 1.29 is 14.7 Å². The first kappa shape index (κ1) is 19.2. The van der Waals surface area contributed by atoms with Gasteiger partial charge < -0.3 is 15.2 Å². The van der Waals surface area contributed by atoms with Crippen LogP contribution in [0.3, 0.4) is 0 Å². The molecule has 7 nitrogen and oxygen atoms in total. The number of nitrogens with zero attached hydrogens (tertiary/aromatic N) is 2. The van der Waals surface area contributed by atoms with Gasteiger partial charge in [0.25, 0.3) is 0 Å². The zero-order chi connectivity index (χ0) is 19.8. The molecule has 0 unspecified atom stereocenters. The van der Waals surface area contributed by atoms with Crippen molar-refractivity contribution in [3.63, 3.8) is 0 Å². The highest BCUT2D eigenvalue weighted by Gasteiger charge is 2.06. The number of carbonyl (C=O) groups is 2. The summed E-state index contributed by atoms with van der Waals surface area (Å²) >= 11 is 1.44. The first-order valence-corrected chi connectivity index (χ1v) is 9.38. The van der Waals surface area contributed by atoms with E-state index in [1.807, 2.05) is 47.8 Å². The number of amides is 1. The predicted octanol–water partition coefficient (Wildman–Crippen LogP) is 2.72. The molecule has 0 fully saturated rings. The number of hydrogen-bond acceptors (Lipinski definition) is 7. The lowest BCUT2D eigenvalue weighted by atomic mass is 10.1. The van der Waals surface area contributed by atoms with Gasteiger partial charge in [-0.3, -0.25) is 10.2 Å². The number of hydrazone groups is 1. The van der Waals surface area contributed by atoms with Gasteiger partial charge >= 0.3 is 0 Å². The van der Waals surface area contributed by atoms with Gasteiger partial charge in [-0.15, -0.1) is 11.3 Å². The van der Waals surface area contributed by atoms with E-state index in [-0.39, 0.29) is 18.7 Å². The van der Waals surface area contributed by atoms with E-state index in [9.17, 15) is 14.7 Å². The molecule has 0 spiro atoms. The molecule has 0 radical (unpaired) electrons. The van der Waals surface area contributed by atoms with E-state index in [0.717, 1.165) is 16.8 Å². The summed E-state index contributed by atoms with van der Waals surface area (Å²) in [5.74, 6) is -1.61. The summed E-state index contributed by atoms with van der Waals surface area (Å²) in [7, 11) is 0. The van der Waals surface area contributed by atoms with Crippen LogP contribution in [0.2, 0.25) is 0 Å². The lowest BCUT2D eigenvalue weighted by Gasteiger charge is -2.06. The zero-order valence-corrected chi connectivity index (χ0v) is 15.6. The molecule has 3 rings (SSSR count). The van der Waals surface area contributed by atoms with E-state index < -0.39 is 5.97 Å². The Morgan fingerprint density at radius 2 is 1.82 bits per heavy atom. The summed E-state index contributed by atoms with van der Waals surface area (Å²) < 4.78 is 0. The fourth-order valence-corrected chi connectivity index (χ4v) is 2.99. The summed E-state index contributed by atoms with van der Waals surface area (Å²) in [5, 5.41) is 19.8. The highest BCUT2D eigenvalue weighted by Crippen LogP contribution is 2.26. The van der Waals surface area contributed by atoms with Gasteiger partial charge in [-0.05, 0) is 24.1 Å². The topological polar surface area (TPSA) is 107 Å². The SMILES string of the molecule is O=C([O-])CCC(=O)Nc1ccc(-c2csc(N/N=C\c3ccccc3)n2)cc1.